The Morgan fingerprint density at radius 1 is 1.34 bits per heavy atom. The Labute approximate surface area is 188 Å². The number of halogens is 1. The highest BCUT2D eigenvalue weighted by Gasteiger charge is 2.41. The molecule has 3 heterocycles. The number of rotatable bonds is 4. The molecule has 1 fully saturated rings. The van der Waals surface area contributed by atoms with E-state index in [0.717, 1.165) is 25.7 Å². The minimum absolute atomic E-state index is 0.195. The summed E-state index contributed by atoms with van der Waals surface area (Å²) in [5.74, 6) is -1.27. The van der Waals surface area contributed by atoms with Gasteiger partial charge in [0.1, 0.15) is 17.9 Å². The van der Waals surface area contributed by atoms with Crippen molar-refractivity contribution in [2.45, 2.75) is 18.5 Å². The fourth-order valence-corrected chi connectivity index (χ4v) is 5.84. The molecule has 4 rings (SSSR count). The van der Waals surface area contributed by atoms with Crippen LogP contribution in [0.5, 0.6) is 0 Å². The van der Waals surface area contributed by atoms with Crippen LogP contribution >= 0.6 is 11.3 Å². The van der Waals surface area contributed by atoms with Gasteiger partial charge in [0.25, 0.3) is 10.2 Å². The van der Waals surface area contributed by atoms with Gasteiger partial charge in [0.2, 0.25) is 5.91 Å². The zero-order valence-electron chi connectivity index (χ0n) is 17.1. The molecule has 0 bridgehead atoms. The van der Waals surface area contributed by atoms with Crippen LogP contribution in [-0.4, -0.2) is 41.5 Å². The number of hydrogen-bond acceptors (Lipinski definition) is 6. The number of carbonyl (C=O) groups excluding carboxylic acids is 1. The number of benzene rings is 1. The number of amides is 1. The zero-order valence-corrected chi connectivity index (χ0v) is 18.7. The molecule has 2 aromatic heterocycles. The maximum Gasteiger partial charge on any atom is 0.280 e. The second kappa shape index (κ2) is 8.44. The Balaban J connectivity index is 1.57. The second-order valence-electron chi connectivity index (χ2n) is 7.34. The Bertz CT molecular complexity index is 1330. The smallest absolute Gasteiger partial charge is 0.280 e. The number of carbonyl (C=O) groups is 1. The molecular weight excluding hydrogens is 455 g/mol. The molecule has 9 nitrogen and oxygen atoms in total. The number of nitrogens with zero attached hydrogens (tertiary/aromatic N) is 4. The van der Waals surface area contributed by atoms with Gasteiger partial charge in [-0.1, -0.05) is 0 Å². The number of anilines is 1. The minimum atomic E-state index is -3.92. The molecule has 0 radical (unpaired) electrons. The lowest BCUT2D eigenvalue weighted by atomic mass is 10.1. The van der Waals surface area contributed by atoms with E-state index >= 15 is 0 Å². The average Bonchev–Trinajstić information content (AvgIpc) is 3.40. The third-order valence-electron chi connectivity index (χ3n) is 5.18. The summed E-state index contributed by atoms with van der Waals surface area (Å²) in [6.07, 6.45) is 3.78. The van der Waals surface area contributed by atoms with Gasteiger partial charge < -0.3 is 5.32 Å². The Morgan fingerprint density at radius 2 is 2.12 bits per heavy atom. The molecule has 32 heavy (non-hydrogen) atoms. The molecule has 1 saturated heterocycles. The summed E-state index contributed by atoms with van der Waals surface area (Å²) < 4.78 is 44.2. The standard InChI is InChI=1S/C20H19FN6O3S2/c1-26-11-13(10-23-26)18-5-6-19(31-18)16-8-17(27(2)32(29,30)25-16)20(28)24-14-3-4-15(21)12(7-14)9-22/h3-7,10-11,16-17,25H,8H2,1-2H3,(H,24,28). The Kier molecular flexibility index (Phi) is 5.83. The third-order valence-corrected chi connectivity index (χ3v) is 8.03. The molecule has 2 unspecified atom stereocenters. The first-order chi connectivity index (χ1) is 15.2. The predicted octanol–water partition coefficient (Wildman–Crippen LogP) is 2.38. The SMILES string of the molecule is CN1C(C(=O)Nc2ccc(F)c(C#N)c2)CC(c2ccc(-c3cnn(C)c3)s2)NS1(=O)=O. The van der Waals surface area contributed by atoms with Gasteiger partial charge in [-0.2, -0.15) is 27.8 Å². The monoisotopic (exact) mass is 474 g/mol. The van der Waals surface area contributed by atoms with E-state index in [4.69, 9.17) is 5.26 Å². The van der Waals surface area contributed by atoms with Crippen LogP contribution in [0.4, 0.5) is 10.1 Å². The van der Waals surface area contributed by atoms with Crippen molar-refractivity contribution in [1.29, 1.82) is 5.26 Å². The van der Waals surface area contributed by atoms with Crippen LogP contribution in [0.2, 0.25) is 0 Å². The first-order valence-electron chi connectivity index (χ1n) is 9.52. The maximum absolute atomic E-state index is 13.6. The minimum Gasteiger partial charge on any atom is -0.325 e. The summed E-state index contributed by atoms with van der Waals surface area (Å²) in [6, 6.07) is 7.45. The van der Waals surface area contributed by atoms with Gasteiger partial charge >= 0.3 is 0 Å². The van der Waals surface area contributed by atoms with Crippen LogP contribution in [0.1, 0.15) is 22.9 Å². The number of nitriles is 1. The lowest BCUT2D eigenvalue weighted by molar-refractivity contribution is -0.120. The van der Waals surface area contributed by atoms with Gasteiger partial charge in [0.15, 0.2) is 0 Å². The fraction of sp³-hybridized carbons (Fsp3) is 0.250. The molecular formula is C20H19FN6O3S2. The third kappa shape index (κ3) is 4.28. The summed E-state index contributed by atoms with van der Waals surface area (Å²) in [7, 11) is -0.780. The number of aromatic nitrogens is 2. The molecule has 0 aliphatic carbocycles. The molecule has 1 aromatic carbocycles. The Morgan fingerprint density at radius 3 is 2.81 bits per heavy atom. The van der Waals surface area contributed by atoms with Gasteiger partial charge in [0.05, 0.1) is 17.8 Å². The van der Waals surface area contributed by atoms with Crippen molar-refractivity contribution in [3.63, 3.8) is 0 Å². The number of likely N-dealkylation sites (N-methyl/N-ethyl adjacent to an activating group) is 1. The molecule has 1 aliphatic heterocycles. The van der Waals surface area contributed by atoms with E-state index in [1.165, 1.54) is 30.5 Å². The molecule has 3 aromatic rings. The number of nitrogens with one attached hydrogen (secondary N) is 2. The number of aryl methyl sites for hydroxylation is 1. The molecule has 0 saturated carbocycles. The van der Waals surface area contributed by atoms with E-state index in [1.54, 1.807) is 16.9 Å². The van der Waals surface area contributed by atoms with Crippen molar-refractivity contribution in [3.05, 3.63) is 59.0 Å². The first kappa shape index (κ1) is 22.1. The summed E-state index contributed by atoms with van der Waals surface area (Å²) in [4.78, 5) is 14.6. The average molecular weight is 475 g/mol. The summed E-state index contributed by atoms with van der Waals surface area (Å²) in [5.41, 5.74) is 0.913. The van der Waals surface area contributed by atoms with Crippen molar-refractivity contribution >= 4 is 33.1 Å². The highest BCUT2D eigenvalue weighted by molar-refractivity contribution is 7.87. The molecule has 2 atom stereocenters. The number of thiophene rings is 1. The van der Waals surface area contributed by atoms with Gasteiger partial charge in [-0.25, -0.2) is 4.39 Å². The maximum atomic E-state index is 13.6. The van der Waals surface area contributed by atoms with Crippen molar-refractivity contribution in [2.75, 3.05) is 12.4 Å². The molecule has 2 N–H and O–H groups in total. The topological polar surface area (TPSA) is 120 Å². The zero-order chi connectivity index (χ0) is 23.0. The van der Waals surface area contributed by atoms with Crippen molar-refractivity contribution in [3.8, 4) is 16.5 Å². The molecule has 12 heteroatoms. The van der Waals surface area contributed by atoms with E-state index in [-0.39, 0.29) is 17.7 Å². The largest absolute Gasteiger partial charge is 0.325 e. The lowest BCUT2D eigenvalue weighted by Crippen LogP contribution is -2.55. The predicted molar refractivity (Wildman–Crippen MR) is 117 cm³/mol. The van der Waals surface area contributed by atoms with Gasteiger partial charge in [-0.15, -0.1) is 11.3 Å². The van der Waals surface area contributed by atoms with E-state index in [9.17, 15) is 17.6 Å². The van der Waals surface area contributed by atoms with Crippen LogP contribution < -0.4 is 10.0 Å². The quantitative estimate of drug-likeness (QED) is 0.602. The van der Waals surface area contributed by atoms with Crippen LogP contribution in [0.25, 0.3) is 10.4 Å². The number of hydrogen-bond donors (Lipinski definition) is 2. The molecule has 166 valence electrons. The molecule has 0 spiro atoms. The molecule has 1 amide bonds. The second-order valence-corrected chi connectivity index (χ2v) is 10.2. The van der Waals surface area contributed by atoms with Gasteiger partial charge in [0, 0.05) is 41.3 Å². The molecule has 1 aliphatic rings. The van der Waals surface area contributed by atoms with E-state index in [2.05, 4.69) is 15.1 Å². The van der Waals surface area contributed by atoms with Crippen molar-refractivity contribution < 1.29 is 17.6 Å². The van der Waals surface area contributed by atoms with Gasteiger partial charge in [-0.05, 0) is 36.8 Å². The summed E-state index contributed by atoms with van der Waals surface area (Å²) in [5, 5.41) is 15.7. The fourth-order valence-electron chi connectivity index (χ4n) is 3.45. The summed E-state index contributed by atoms with van der Waals surface area (Å²) >= 11 is 1.42. The highest BCUT2D eigenvalue weighted by Crippen LogP contribution is 2.36. The van der Waals surface area contributed by atoms with Crippen molar-refractivity contribution in [2.24, 2.45) is 7.05 Å². The first-order valence-corrected chi connectivity index (χ1v) is 11.8. The van der Waals surface area contributed by atoms with Crippen LogP contribution in [-0.2, 0) is 22.1 Å². The van der Waals surface area contributed by atoms with E-state index in [1.807, 2.05) is 25.4 Å². The van der Waals surface area contributed by atoms with Crippen molar-refractivity contribution in [1.82, 2.24) is 18.8 Å². The van der Waals surface area contributed by atoms with Crippen LogP contribution in [0, 0.1) is 17.1 Å². The van der Waals surface area contributed by atoms with E-state index < -0.39 is 34.0 Å². The lowest BCUT2D eigenvalue weighted by Gasteiger charge is -2.35. The van der Waals surface area contributed by atoms with Gasteiger partial charge in [-0.3, -0.25) is 9.48 Å². The normalized spacial score (nSPS) is 20.6. The van der Waals surface area contributed by atoms with Crippen LogP contribution in [0.3, 0.4) is 0 Å². The highest BCUT2D eigenvalue weighted by atomic mass is 32.2. The van der Waals surface area contributed by atoms with E-state index in [0.29, 0.717) is 0 Å². The van der Waals surface area contributed by atoms with Crippen LogP contribution in [0.15, 0.2) is 42.7 Å². The Hall–Kier alpha value is -3.11. The summed E-state index contributed by atoms with van der Waals surface area (Å²) in [6.45, 7) is 0.